The summed E-state index contributed by atoms with van der Waals surface area (Å²) in [7, 11) is 4.15. The molecule has 0 aromatic carbocycles. The van der Waals surface area contributed by atoms with Gasteiger partial charge in [-0.05, 0) is 34.6 Å². The SMILES string of the molecule is CC.CCC.CCC.COC(=O)C(C)(C)Cc1coc(C)n1.COC(=O)C(C)(C)Cc1csc(C)n1.COC(C)=O. The molecule has 240 valence electrons. The molecule has 2 aromatic heterocycles. The molecule has 0 aliphatic carbocycles. The van der Waals surface area contributed by atoms with Crippen LogP contribution in [-0.4, -0.2) is 49.2 Å². The summed E-state index contributed by atoms with van der Waals surface area (Å²) in [5, 5.41) is 3.01. The fourth-order valence-electron chi connectivity index (χ4n) is 2.58. The smallest absolute Gasteiger partial charge is 0.311 e. The predicted molar refractivity (Wildman–Crippen MR) is 168 cm³/mol. The monoisotopic (exact) mass is 602 g/mol. The Morgan fingerprint density at radius 1 is 0.780 bits per heavy atom. The van der Waals surface area contributed by atoms with E-state index in [0.29, 0.717) is 18.7 Å². The molecule has 0 bridgehead atoms. The third kappa shape index (κ3) is 24.7. The maximum Gasteiger partial charge on any atom is 0.311 e. The van der Waals surface area contributed by atoms with Crippen molar-refractivity contribution in [3.8, 4) is 0 Å². The van der Waals surface area contributed by atoms with Gasteiger partial charge in [-0.1, -0.05) is 54.4 Å². The number of carbonyl (C=O) groups excluding carboxylic acids is 3. The zero-order valence-corrected chi connectivity index (χ0v) is 29.5. The van der Waals surface area contributed by atoms with Gasteiger partial charge < -0.3 is 18.6 Å². The van der Waals surface area contributed by atoms with Crippen molar-refractivity contribution in [2.45, 2.75) is 116 Å². The predicted octanol–water partition coefficient (Wildman–Crippen LogP) is 7.96. The molecule has 0 N–H and O–H groups in total. The Labute approximate surface area is 253 Å². The highest BCUT2D eigenvalue weighted by molar-refractivity contribution is 7.09. The lowest BCUT2D eigenvalue weighted by atomic mass is 9.88. The van der Waals surface area contributed by atoms with Gasteiger partial charge in [0.1, 0.15) is 6.26 Å². The van der Waals surface area contributed by atoms with Crippen LogP contribution in [-0.2, 0) is 41.4 Å². The Kier molecular flexibility index (Phi) is 28.9. The molecule has 2 aromatic rings. The molecule has 0 unspecified atom stereocenters. The zero-order valence-electron chi connectivity index (χ0n) is 28.6. The lowest BCUT2D eigenvalue weighted by Crippen LogP contribution is -2.28. The standard InChI is InChI=1S/C10H15NO3.C10H15NO2S.C3H6O2.2C3H8.C2H6/c2*1-7-11-8(6-14-7)5-10(2,3)9(12)13-4;1-3(4)5-2;2*1-3-2;1-2/h2*6H,5H2,1-4H3;1-2H3;2*3H2,1-2H3;1-2H3. The number of rotatable bonds is 6. The van der Waals surface area contributed by atoms with Crippen molar-refractivity contribution in [3.63, 3.8) is 0 Å². The van der Waals surface area contributed by atoms with E-state index >= 15 is 0 Å². The number of aromatic nitrogens is 2. The summed E-state index contributed by atoms with van der Waals surface area (Å²) in [6, 6.07) is 0. The molecule has 0 fully saturated rings. The number of hydrogen-bond acceptors (Lipinski definition) is 10. The summed E-state index contributed by atoms with van der Waals surface area (Å²) in [4.78, 5) is 40.8. The van der Waals surface area contributed by atoms with Crippen molar-refractivity contribution >= 4 is 29.2 Å². The Balaban J connectivity index is -0.000000237. The fraction of sp³-hybridized carbons (Fsp3) is 0.710. The van der Waals surface area contributed by atoms with Gasteiger partial charge >= 0.3 is 17.9 Å². The minimum absolute atomic E-state index is 0.192. The summed E-state index contributed by atoms with van der Waals surface area (Å²) in [6.45, 7) is 25.0. The lowest BCUT2D eigenvalue weighted by Gasteiger charge is -2.19. The van der Waals surface area contributed by atoms with Gasteiger partial charge in [0.05, 0.1) is 48.6 Å². The van der Waals surface area contributed by atoms with E-state index in [1.807, 2.05) is 53.8 Å². The van der Waals surface area contributed by atoms with Crippen LogP contribution in [0, 0.1) is 24.7 Å². The van der Waals surface area contributed by atoms with Crippen molar-refractivity contribution in [1.29, 1.82) is 0 Å². The third-order valence-electron chi connectivity index (χ3n) is 4.34. The van der Waals surface area contributed by atoms with Gasteiger partial charge in [-0.15, -0.1) is 11.3 Å². The first kappa shape index (κ1) is 45.2. The molecule has 2 rings (SSSR count). The molecule has 0 spiro atoms. The third-order valence-corrected chi connectivity index (χ3v) is 5.17. The first-order chi connectivity index (χ1) is 19.0. The van der Waals surface area contributed by atoms with E-state index in [-0.39, 0.29) is 17.9 Å². The van der Waals surface area contributed by atoms with Gasteiger partial charge in [0.15, 0.2) is 5.89 Å². The van der Waals surface area contributed by atoms with Crippen LogP contribution >= 0.6 is 11.3 Å². The fourth-order valence-corrected chi connectivity index (χ4v) is 3.19. The second kappa shape index (κ2) is 26.2. The molecule has 0 aliphatic rings. The Morgan fingerprint density at radius 3 is 1.39 bits per heavy atom. The quantitative estimate of drug-likeness (QED) is 0.240. The second-order valence-electron chi connectivity index (χ2n) is 9.93. The maximum atomic E-state index is 11.4. The number of methoxy groups -OCH3 is 3. The summed E-state index contributed by atoms with van der Waals surface area (Å²) in [5.41, 5.74) is 0.689. The number of esters is 3. The van der Waals surface area contributed by atoms with E-state index in [4.69, 9.17) is 13.9 Å². The zero-order chi connectivity index (χ0) is 33.2. The molecule has 0 saturated carbocycles. The van der Waals surface area contributed by atoms with E-state index in [1.54, 1.807) is 24.5 Å². The van der Waals surface area contributed by atoms with Crippen LogP contribution in [0.4, 0.5) is 0 Å². The highest BCUT2D eigenvalue weighted by atomic mass is 32.1. The summed E-state index contributed by atoms with van der Waals surface area (Å²) in [6.07, 6.45) is 5.22. The number of oxazole rings is 1. The number of aryl methyl sites for hydroxylation is 2. The minimum Gasteiger partial charge on any atom is -0.469 e. The second-order valence-corrected chi connectivity index (χ2v) is 11.0. The van der Waals surface area contributed by atoms with E-state index in [2.05, 4.69) is 42.4 Å². The molecule has 0 saturated heterocycles. The minimum atomic E-state index is -0.557. The van der Waals surface area contributed by atoms with E-state index < -0.39 is 10.8 Å². The summed E-state index contributed by atoms with van der Waals surface area (Å²) >= 11 is 1.60. The van der Waals surface area contributed by atoms with Crippen molar-refractivity contribution < 1.29 is 33.0 Å². The van der Waals surface area contributed by atoms with Gasteiger partial charge in [-0.2, -0.15) is 0 Å². The van der Waals surface area contributed by atoms with E-state index in [1.165, 1.54) is 41.1 Å². The van der Waals surface area contributed by atoms with Crippen LogP contribution in [0.1, 0.15) is 111 Å². The normalized spacial score (nSPS) is 9.66. The molecule has 0 amide bonds. The van der Waals surface area contributed by atoms with Crippen LogP contribution in [0.3, 0.4) is 0 Å². The average molecular weight is 603 g/mol. The summed E-state index contributed by atoms with van der Waals surface area (Å²) < 4.78 is 18.6. The summed E-state index contributed by atoms with van der Waals surface area (Å²) in [5.74, 6) is -0.0630. The molecule has 41 heavy (non-hydrogen) atoms. The van der Waals surface area contributed by atoms with Crippen molar-refractivity contribution in [1.82, 2.24) is 9.97 Å². The van der Waals surface area contributed by atoms with E-state index in [9.17, 15) is 14.4 Å². The molecule has 9 nitrogen and oxygen atoms in total. The maximum absolute atomic E-state index is 11.4. The molecular weight excluding hydrogens is 544 g/mol. The van der Waals surface area contributed by atoms with Crippen molar-refractivity contribution in [2.24, 2.45) is 10.8 Å². The van der Waals surface area contributed by atoms with E-state index in [0.717, 1.165) is 16.4 Å². The van der Waals surface area contributed by atoms with Gasteiger partial charge in [0.2, 0.25) is 0 Å². The Hall–Kier alpha value is -2.75. The van der Waals surface area contributed by atoms with Crippen molar-refractivity contribution in [2.75, 3.05) is 21.3 Å². The largest absolute Gasteiger partial charge is 0.469 e. The average Bonchev–Trinajstić information content (AvgIpc) is 3.51. The highest BCUT2D eigenvalue weighted by Crippen LogP contribution is 2.24. The van der Waals surface area contributed by atoms with Crippen LogP contribution in [0.5, 0.6) is 0 Å². The molecule has 2 heterocycles. The topological polar surface area (TPSA) is 118 Å². The highest BCUT2D eigenvalue weighted by Gasteiger charge is 2.30. The molecule has 10 heteroatoms. The molecule has 0 aliphatic heterocycles. The van der Waals surface area contributed by atoms with Crippen LogP contribution < -0.4 is 0 Å². The number of hydrogen-bond donors (Lipinski definition) is 0. The van der Waals surface area contributed by atoms with Gasteiger partial charge in [0.25, 0.3) is 0 Å². The first-order valence-electron chi connectivity index (χ1n) is 14.0. The number of carbonyl (C=O) groups is 3. The first-order valence-corrected chi connectivity index (χ1v) is 14.9. The number of ether oxygens (including phenoxy) is 3. The van der Waals surface area contributed by atoms with Gasteiger partial charge in [-0.3, -0.25) is 14.4 Å². The number of thiazole rings is 1. The molecule has 0 radical (unpaired) electrons. The Bertz CT molecular complexity index is 866. The number of nitrogens with zero attached hydrogens (tertiary/aromatic N) is 2. The Morgan fingerprint density at radius 2 is 1.15 bits per heavy atom. The molecule has 0 atom stereocenters. The van der Waals surface area contributed by atoms with Crippen LogP contribution in [0.15, 0.2) is 16.1 Å². The lowest BCUT2D eigenvalue weighted by molar-refractivity contribution is -0.151. The van der Waals surface area contributed by atoms with Gasteiger partial charge in [0, 0.05) is 32.1 Å². The van der Waals surface area contributed by atoms with Crippen molar-refractivity contribution in [3.05, 3.63) is 33.9 Å². The van der Waals surface area contributed by atoms with Crippen LogP contribution in [0.2, 0.25) is 0 Å². The molecular formula is C31H58N2O7S. The van der Waals surface area contributed by atoms with Gasteiger partial charge in [-0.25, -0.2) is 9.97 Å². The van der Waals surface area contributed by atoms with Crippen LogP contribution in [0.25, 0.3) is 0 Å².